The molecule has 1 saturated heterocycles. The fourth-order valence-electron chi connectivity index (χ4n) is 2.24. The van der Waals surface area contributed by atoms with Crippen molar-refractivity contribution < 1.29 is 0 Å². The Balaban J connectivity index is 2.46. The molecule has 0 aromatic heterocycles. The van der Waals surface area contributed by atoms with Crippen LogP contribution in [-0.4, -0.2) is 42.7 Å². The Kier molecular flexibility index (Phi) is 5.27. The van der Waals surface area contributed by atoms with E-state index in [2.05, 4.69) is 35.9 Å². The molecule has 1 fully saturated rings. The summed E-state index contributed by atoms with van der Waals surface area (Å²) >= 11 is 0. The summed E-state index contributed by atoms with van der Waals surface area (Å²) in [4.78, 5) is 2.51. The van der Waals surface area contributed by atoms with E-state index in [0.717, 1.165) is 32.5 Å². The van der Waals surface area contributed by atoms with E-state index in [1.165, 1.54) is 0 Å². The zero-order valence-electron chi connectivity index (χ0n) is 10.8. The Morgan fingerprint density at radius 1 is 1.38 bits per heavy atom. The zero-order chi connectivity index (χ0) is 12.0. The van der Waals surface area contributed by atoms with Crippen molar-refractivity contribution in [3.8, 4) is 11.8 Å². The standard InChI is InChI=1S/C13H25N3/c1-4-5-8-15-13(11-14)6-9-16(10-7-13)12(2)3/h12,15H,6-11,14H2,1-3H3. The lowest BCUT2D eigenvalue weighted by atomic mass is 9.87. The van der Waals surface area contributed by atoms with E-state index in [-0.39, 0.29) is 5.54 Å². The van der Waals surface area contributed by atoms with Gasteiger partial charge in [-0.25, -0.2) is 0 Å². The number of likely N-dealkylation sites (tertiary alicyclic amines) is 1. The van der Waals surface area contributed by atoms with Gasteiger partial charge < -0.3 is 10.6 Å². The van der Waals surface area contributed by atoms with Crippen LogP contribution in [0.4, 0.5) is 0 Å². The van der Waals surface area contributed by atoms with Crippen molar-refractivity contribution in [2.24, 2.45) is 5.73 Å². The molecule has 0 radical (unpaired) electrons. The van der Waals surface area contributed by atoms with Gasteiger partial charge >= 0.3 is 0 Å². The van der Waals surface area contributed by atoms with Gasteiger partial charge in [0.1, 0.15) is 0 Å². The van der Waals surface area contributed by atoms with Gasteiger partial charge in [0.15, 0.2) is 0 Å². The molecule has 0 spiro atoms. The van der Waals surface area contributed by atoms with Crippen LogP contribution in [0.1, 0.15) is 33.6 Å². The van der Waals surface area contributed by atoms with Gasteiger partial charge in [-0.2, -0.15) is 0 Å². The third-order valence-electron chi connectivity index (χ3n) is 3.60. The number of piperidine rings is 1. The molecule has 1 rings (SSSR count). The minimum atomic E-state index is 0.120. The minimum Gasteiger partial charge on any atom is -0.329 e. The van der Waals surface area contributed by atoms with Crippen molar-refractivity contribution in [2.75, 3.05) is 26.2 Å². The molecule has 92 valence electrons. The van der Waals surface area contributed by atoms with E-state index < -0.39 is 0 Å². The maximum Gasteiger partial charge on any atom is 0.0581 e. The molecule has 3 heteroatoms. The SMILES string of the molecule is CC#CCNC1(CN)CCN(C(C)C)CC1. The Hall–Kier alpha value is -0.560. The Morgan fingerprint density at radius 3 is 2.44 bits per heavy atom. The largest absolute Gasteiger partial charge is 0.329 e. The van der Waals surface area contributed by atoms with E-state index in [1.54, 1.807) is 0 Å². The molecule has 0 atom stereocenters. The summed E-state index contributed by atoms with van der Waals surface area (Å²) in [7, 11) is 0. The molecule has 3 N–H and O–H groups in total. The van der Waals surface area contributed by atoms with Crippen LogP contribution in [-0.2, 0) is 0 Å². The fourth-order valence-corrected chi connectivity index (χ4v) is 2.24. The van der Waals surface area contributed by atoms with Crippen molar-refractivity contribution in [3.63, 3.8) is 0 Å². The summed E-state index contributed by atoms with van der Waals surface area (Å²) in [5, 5.41) is 3.52. The molecule has 0 unspecified atom stereocenters. The van der Waals surface area contributed by atoms with Gasteiger partial charge in [0.05, 0.1) is 6.54 Å². The number of nitrogens with one attached hydrogen (secondary N) is 1. The first-order chi connectivity index (χ1) is 7.63. The summed E-state index contributed by atoms with van der Waals surface area (Å²) < 4.78 is 0. The highest BCUT2D eigenvalue weighted by Gasteiger charge is 2.33. The van der Waals surface area contributed by atoms with E-state index >= 15 is 0 Å². The summed E-state index contributed by atoms with van der Waals surface area (Å²) in [5.41, 5.74) is 6.03. The first-order valence-corrected chi connectivity index (χ1v) is 6.22. The van der Waals surface area contributed by atoms with Gasteiger partial charge in [0.2, 0.25) is 0 Å². The Labute approximate surface area is 99.8 Å². The van der Waals surface area contributed by atoms with Gasteiger partial charge in [0, 0.05) is 31.2 Å². The highest BCUT2D eigenvalue weighted by Crippen LogP contribution is 2.22. The van der Waals surface area contributed by atoms with Crippen LogP contribution in [0.3, 0.4) is 0 Å². The summed E-state index contributed by atoms with van der Waals surface area (Å²) in [5.74, 6) is 5.97. The summed E-state index contributed by atoms with van der Waals surface area (Å²) in [6.07, 6.45) is 2.26. The predicted octanol–water partition coefficient (Wildman–Crippen LogP) is 0.801. The minimum absolute atomic E-state index is 0.120. The molecule has 0 aliphatic carbocycles. The van der Waals surface area contributed by atoms with Gasteiger partial charge in [-0.3, -0.25) is 5.32 Å². The van der Waals surface area contributed by atoms with E-state index in [4.69, 9.17) is 5.73 Å². The third-order valence-corrected chi connectivity index (χ3v) is 3.60. The third kappa shape index (κ3) is 3.48. The molecule has 1 heterocycles. The topological polar surface area (TPSA) is 41.3 Å². The average molecular weight is 223 g/mol. The second-order valence-corrected chi connectivity index (χ2v) is 4.89. The second kappa shape index (κ2) is 6.24. The average Bonchev–Trinajstić information content (AvgIpc) is 2.30. The zero-order valence-corrected chi connectivity index (χ0v) is 10.8. The fraction of sp³-hybridized carbons (Fsp3) is 0.846. The van der Waals surface area contributed by atoms with Crippen LogP contribution in [0.15, 0.2) is 0 Å². The van der Waals surface area contributed by atoms with Gasteiger partial charge in [-0.05, 0) is 33.6 Å². The highest BCUT2D eigenvalue weighted by atomic mass is 15.2. The van der Waals surface area contributed by atoms with Crippen LogP contribution in [0.2, 0.25) is 0 Å². The van der Waals surface area contributed by atoms with Gasteiger partial charge in [0.25, 0.3) is 0 Å². The predicted molar refractivity (Wildman–Crippen MR) is 69.2 cm³/mol. The lowest BCUT2D eigenvalue weighted by Crippen LogP contribution is -2.58. The Bertz CT molecular complexity index is 254. The molecule has 1 aliphatic heterocycles. The molecule has 1 aliphatic rings. The molecule has 0 bridgehead atoms. The Morgan fingerprint density at radius 2 is 2.00 bits per heavy atom. The summed E-state index contributed by atoms with van der Waals surface area (Å²) in [6.45, 7) is 10.1. The van der Waals surface area contributed by atoms with E-state index in [9.17, 15) is 0 Å². The van der Waals surface area contributed by atoms with Crippen molar-refractivity contribution in [3.05, 3.63) is 0 Å². The maximum absolute atomic E-state index is 5.91. The number of rotatable bonds is 4. The molecule has 0 aromatic carbocycles. The van der Waals surface area contributed by atoms with Crippen molar-refractivity contribution in [2.45, 2.75) is 45.2 Å². The molecule has 0 saturated carbocycles. The second-order valence-electron chi connectivity index (χ2n) is 4.89. The van der Waals surface area contributed by atoms with Crippen LogP contribution >= 0.6 is 0 Å². The molecular formula is C13H25N3. The number of hydrogen-bond acceptors (Lipinski definition) is 3. The molecule has 16 heavy (non-hydrogen) atoms. The van der Waals surface area contributed by atoms with E-state index in [0.29, 0.717) is 12.6 Å². The van der Waals surface area contributed by atoms with Crippen LogP contribution in [0.5, 0.6) is 0 Å². The normalized spacial score (nSPS) is 20.6. The van der Waals surface area contributed by atoms with Crippen LogP contribution in [0, 0.1) is 11.8 Å². The maximum atomic E-state index is 5.91. The number of nitrogens with two attached hydrogens (primary N) is 1. The smallest absolute Gasteiger partial charge is 0.0581 e. The van der Waals surface area contributed by atoms with E-state index in [1.807, 2.05) is 6.92 Å². The van der Waals surface area contributed by atoms with Crippen molar-refractivity contribution in [1.29, 1.82) is 0 Å². The van der Waals surface area contributed by atoms with Crippen LogP contribution in [0.25, 0.3) is 0 Å². The number of nitrogens with zero attached hydrogens (tertiary/aromatic N) is 1. The van der Waals surface area contributed by atoms with Crippen LogP contribution < -0.4 is 11.1 Å². The summed E-state index contributed by atoms with van der Waals surface area (Å²) in [6, 6.07) is 0.645. The molecule has 0 aromatic rings. The van der Waals surface area contributed by atoms with Gasteiger partial charge in [-0.1, -0.05) is 5.92 Å². The van der Waals surface area contributed by atoms with Crippen molar-refractivity contribution in [1.82, 2.24) is 10.2 Å². The number of hydrogen-bond donors (Lipinski definition) is 2. The monoisotopic (exact) mass is 223 g/mol. The first kappa shape index (κ1) is 13.5. The van der Waals surface area contributed by atoms with Gasteiger partial charge in [-0.15, -0.1) is 5.92 Å². The lowest BCUT2D eigenvalue weighted by Gasteiger charge is -2.43. The highest BCUT2D eigenvalue weighted by molar-refractivity contribution is 5.02. The molecule has 0 amide bonds. The van der Waals surface area contributed by atoms with Crippen molar-refractivity contribution >= 4 is 0 Å². The lowest BCUT2D eigenvalue weighted by molar-refractivity contribution is 0.117. The molecular weight excluding hydrogens is 198 g/mol. The quantitative estimate of drug-likeness (QED) is 0.693. The first-order valence-electron chi connectivity index (χ1n) is 6.22. The molecule has 3 nitrogen and oxygen atoms in total.